The Labute approximate surface area is 253 Å². The van der Waals surface area contributed by atoms with E-state index in [-0.39, 0.29) is 5.91 Å². The number of carbonyl (C=O) groups excluding carboxylic acids is 1. The van der Waals surface area contributed by atoms with Crippen molar-refractivity contribution in [3.05, 3.63) is 161 Å². The lowest BCUT2D eigenvalue weighted by Gasteiger charge is -2.38. The Hall–Kier alpha value is -4.70. The maximum Gasteiger partial charge on any atom is 0.237 e. The fourth-order valence-electron chi connectivity index (χ4n) is 7.47. The van der Waals surface area contributed by atoms with Crippen LogP contribution in [0.1, 0.15) is 64.4 Å². The highest BCUT2D eigenvalue weighted by atomic mass is 16.2. The fraction of sp³-hybridized carbons (Fsp3) is 0.231. The number of nitrogens with zero attached hydrogens (tertiary/aromatic N) is 3. The summed E-state index contributed by atoms with van der Waals surface area (Å²) in [5, 5.41) is 1.21. The van der Waals surface area contributed by atoms with E-state index in [0.717, 1.165) is 52.9 Å². The van der Waals surface area contributed by atoms with Gasteiger partial charge in [0.2, 0.25) is 5.91 Å². The first-order valence-corrected chi connectivity index (χ1v) is 15.3. The summed E-state index contributed by atoms with van der Waals surface area (Å²) in [5.74, 6) is 0.180. The van der Waals surface area contributed by atoms with Crippen molar-refractivity contribution in [3.8, 4) is 0 Å². The molecule has 43 heavy (non-hydrogen) atoms. The number of fused-ring (bicyclic) bond motifs is 3. The van der Waals surface area contributed by atoms with Gasteiger partial charge in [-0.25, -0.2) is 4.98 Å². The van der Waals surface area contributed by atoms with Crippen LogP contribution in [-0.4, -0.2) is 20.0 Å². The summed E-state index contributed by atoms with van der Waals surface area (Å²) in [5.41, 5.74) is 7.87. The fourth-order valence-corrected chi connectivity index (χ4v) is 7.47. The van der Waals surface area contributed by atoms with E-state index in [1.54, 1.807) is 0 Å². The Bertz CT molecular complexity index is 1820. The highest BCUT2D eigenvalue weighted by Gasteiger charge is 2.43. The molecule has 4 heteroatoms. The van der Waals surface area contributed by atoms with E-state index in [1.165, 1.54) is 16.6 Å². The smallest absolute Gasteiger partial charge is 0.237 e. The van der Waals surface area contributed by atoms with Crippen LogP contribution >= 0.6 is 0 Å². The zero-order valence-corrected chi connectivity index (χ0v) is 25.1. The van der Waals surface area contributed by atoms with E-state index in [0.29, 0.717) is 6.42 Å². The molecule has 0 bridgehead atoms. The first-order chi connectivity index (χ1) is 21.0. The molecule has 214 valence electrons. The van der Waals surface area contributed by atoms with Crippen molar-refractivity contribution < 1.29 is 4.79 Å². The van der Waals surface area contributed by atoms with Crippen LogP contribution in [0.5, 0.6) is 0 Å². The molecule has 4 aromatic carbocycles. The number of para-hydroxylation sites is 1. The molecule has 7 rings (SSSR count). The Morgan fingerprint density at radius 3 is 1.88 bits per heavy atom. The second kappa shape index (κ2) is 10.5. The summed E-state index contributed by atoms with van der Waals surface area (Å²) < 4.78 is 4.34. The summed E-state index contributed by atoms with van der Waals surface area (Å²) in [4.78, 5) is 19.5. The molecule has 2 aromatic heterocycles. The predicted molar refractivity (Wildman–Crippen MR) is 174 cm³/mol. The molecule has 0 fully saturated rings. The molecular formula is C39H37N3O. The lowest BCUT2D eigenvalue weighted by molar-refractivity contribution is 0.0676. The van der Waals surface area contributed by atoms with Gasteiger partial charge in [-0.1, -0.05) is 123 Å². The average molecular weight is 564 g/mol. The van der Waals surface area contributed by atoms with Crippen LogP contribution in [0.25, 0.3) is 10.9 Å². The zero-order chi connectivity index (χ0) is 29.6. The van der Waals surface area contributed by atoms with Gasteiger partial charge in [-0.15, -0.1) is 0 Å². The number of rotatable bonds is 7. The number of aromatic nitrogens is 3. The van der Waals surface area contributed by atoms with Crippen molar-refractivity contribution in [1.29, 1.82) is 0 Å². The lowest BCUT2D eigenvalue weighted by Crippen LogP contribution is -2.40. The van der Waals surface area contributed by atoms with Crippen LogP contribution in [0.3, 0.4) is 0 Å². The maximum absolute atomic E-state index is 14.4. The van der Waals surface area contributed by atoms with E-state index < -0.39 is 11.0 Å². The van der Waals surface area contributed by atoms with Gasteiger partial charge in [-0.3, -0.25) is 9.36 Å². The van der Waals surface area contributed by atoms with Crippen LogP contribution in [0, 0.1) is 12.3 Å². The van der Waals surface area contributed by atoms with E-state index in [2.05, 4.69) is 135 Å². The van der Waals surface area contributed by atoms with E-state index >= 15 is 0 Å². The molecule has 3 heterocycles. The second-order valence-corrected chi connectivity index (χ2v) is 12.1. The van der Waals surface area contributed by atoms with Gasteiger partial charge < -0.3 is 4.57 Å². The molecule has 1 aliphatic rings. The lowest BCUT2D eigenvalue weighted by atomic mass is 9.75. The third-order valence-corrected chi connectivity index (χ3v) is 9.68. The molecule has 1 unspecified atom stereocenters. The van der Waals surface area contributed by atoms with E-state index in [1.807, 2.05) is 17.0 Å². The molecule has 0 saturated heterocycles. The van der Waals surface area contributed by atoms with Gasteiger partial charge in [0, 0.05) is 23.2 Å². The molecule has 0 aliphatic carbocycles. The number of hydrogen-bond acceptors (Lipinski definition) is 2. The first-order valence-electron chi connectivity index (χ1n) is 15.3. The van der Waals surface area contributed by atoms with Crippen molar-refractivity contribution in [1.82, 2.24) is 14.1 Å². The largest absolute Gasteiger partial charge is 0.316 e. The van der Waals surface area contributed by atoms with E-state index in [4.69, 9.17) is 4.98 Å². The van der Waals surface area contributed by atoms with E-state index in [9.17, 15) is 4.79 Å². The van der Waals surface area contributed by atoms with Crippen molar-refractivity contribution in [2.45, 2.75) is 52.0 Å². The minimum atomic E-state index is -0.629. The van der Waals surface area contributed by atoms with Gasteiger partial charge in [-0.2, -0.15) is 0 Å². The summed E-state index contributed by atoms with van der Waals surface area (Å²) in [6, 6.07) is 40.4. The molecule has 0 radical (unpaired) electrons. The van der Waals surface area contributed by atoms with Crippen molar-refractivity contribution in [3.63, 3.8) is 0 Å². The standard InChI is InChI=1S/C39H37N3O/c1-4-32-33-22-14-15-23-35(33)42-36(32)24-25-38(3,37(42)43)26-34-28(2)41(27-40-34)39(29-16-8-5-9-17-29,30-18-10-6-11-19-30)31-20-12-7-13-21-31/h5-23,27H,4,24-26H2,1-3H3. The molecule has 0 saturated carbocycles. The average Bonchev–Trinajstić information content (AvgIpc) is 3.58. The van der Waals surface area contributed by atoms with Gasteiger partial charge in [0.05, 0.1) is 23.0 Å². The topological polar surface area (TPSA) is 39.8 Å². The number of benzene rings is 4. The normalized spacial score (nSPS) is 16.9. The monoisotopic (exact) mass is 563 g/mol. The van der Waals surface area contributed by atoms with Crippen LogP contribution in [0.15, 0.2) is 122 Å². The number of aryl methyl sites for hydroxylation is 1. The first kappa shape index (κ1) is 27.2. The molecule has 1 atom stereocenters. The van der Waals surface area contributed by atoms with Crippen molar-refractivity contribution in [2.24, 2.45) is 5.41 Å². The Kier molecular flexibility index (Phi) is 6.65. The Morgan fingerprint density at radius 1 is 0.791 bits per heavy atom. The summed E-state index contributed by atoms with van der Waals surface area (Å²) >= 11 is 0. The van der Waals surface area contributed by atoms with Crippen LogP contribution in [-0.2, 0) is 24.8 Å². The number of imidazole rings is 1. The molecule has 0 N–H and O–H groups in total. The zero-order valence-electron chi connectivity index (χ0n) is 25.1. The Balaban J connectivity index is 1.37. The second-order valence-electron chi connectivity index (χ2n) is 12.1. The third-order valence-electron chi connectivity index (χ3n) is 9.68. The number of hydrogen-bond donors (Lipinski definition) is 0. The highest BCUT2D eigenvalue weighted by Crippen LogP contribution is 2.44. The van der Waals surface area contributed by atoms with Crippen LogP contribution in [0.4, 0.5) is 0 Å². The van der Waals surface area contributed by atoms with Crippen molar-refractivity contribution >= 4 is 16.8 Å². The highest BCUT2D eigenvalue weighted by molar-refractivity contribution is 5.99. The predicted octanol–water partition coefficient (Wildman–Crippen LogP) is 8.38. The minimum Gasteiger partial charge on any atom is -0.316 e. The molecular weight excluding hydrogens is 526 g/mol. The SMILES string of the molecule is CCc1c2n(c3ccccc13)C(=O)C(C)(Cc1ncn(C(c3ccccc3)(c3ccccc3)c3ccccc3)c1C)CC2. The summed E-state index contributed by atoms with van der Waals surface area (Å²) in [6.45, 7) is 6.49. The van der Waals surface area contributed by atoms with Crippen LogP contribution < -0.4 is 0 Å². The van der Waals surface area contributed by atoms with Gasteiger partial charge in [0.25, 0.3) is 0 Å². The van der Waals surface area contributed by atoms with Gasteiger partial charge in [-0.05, 0) is 54.5 Å². The molecule has 0 amide bonds. The minimum absolute atomic E-state index is 0.180. The Morgan fingerprint density at radius 2 is 1.33 bits per heavy atom. The molecule has 0 spiro atoms. The van der Waals surface area contributed by atoms with Gasteiger partial charge >= 0.3 is 0 Å². The van der Waals surface area contributed by atoms with Crippen LogP contribution in [0.2, 0.25) is 0 Å². The maximum atomic E-state index is 14.4. The quantitative estimate of drug-likeness (QED) is 0.183. The summed E-state index contributed by atoms with van der Waals surface area (Å²) in [7, 11) is 0. The van der Waals surface area contributed by atoms with Gasteiger partial charge in [0.15, 0.2) is 0 Å². The molecule has 6 aromatic rings. The summed E-state index contributed by atoms with van der Waals surface area (Å²) in [6.07, 6.45) is 5.20. The van der Waals surface area contributed by atoms with Crippen molar-refractivity contribution in [2.75, 3.05) is 0 Å². The third kappa shape index (κ3) is 4.11. The number of carbonyl (C=O) groups is 1. The molecule has 4 nitrogen and oxygen atoms in total. The van der Waals surface area contributed by atoms with Gasteiger partial charge in [0.1, 0.15) is 5.54 Å². The molecule has 1 aliphatic heterocycles.